The molecule has 0 fully saturated rings. The van der Waals surface area contributed by atoms with E-state index < -0.39 is 6.10 Å². The Hall–Kier alpha value is -2.87. The van der Waals surface area contributed by atoms with Crippen molar-refractivity contribution in [1.82, 2.24) is 0 Å². The third-order valence-corrected chi connectivity index (χ3v) is 3.95. The van der Waals surface area contributed by atoms with E-state index in [4.69, 9.17) is 4.74 Å². The molecule has 0 saturated heterocycles. The van der Waals surface area contributed by atoms with Crippen LogP contribution in [0.1, 0.15) is 33.2 Å². The molecule has 3 aromatic carbocycles. The third kappa shape index (κ3) is 3.72. The number of aryl methyl sites for hydroxylation is 2. The van der Waals surface area contributed by atoms with Gasteiger partial charge in [0.05, 0.1) is 0 Å². The van der Waals surface area contributed by atoms with Gasteiger partial charge in [-0.15, -0.1) is 0 Å². The quantitative estimate of drug-likeness (QED) is 0.597. The average Bonchev–Trinajstić information content (AvgIpc) is 2.62. The normalized spacial score (nSPS) is 11.8. The maximum absolute atomic E-state index is 13.0. The summed E-state index contributed by atoms with van der Waals surface area (Å²) >= 11 is 0. The number of hydrogen-bond acceptors (Lipinski definition) is 2. The minimum atomic E-state index is -0.656. The Bertz CT molecular complexity index is 803. The highest BCUT2D eigenvalue weighted by molar-refractivity contribution is 6.00. The lowest BCUT2D eigenvalue weighted by Crippen LogP contribution is -2.19. The SMILES string of the molecule is Cc1ccc(OC(C(=O)c2ccc(C)cc2)c2ccccc2)cc1. The number of carbonyl (C=O) groups excluding carboxylic acids is 1. The van der Waals surface area contributed by atoms with Gasteiger partial charge in [0.25, 0.3) is 0 Å². The summed E-state index contributed by atoms with van der Waals surface area (Å²) in [4.78, 5) is 13.0. The topological polar surface area (TPSA) is 26.3 Å². The first-order chi connectivity index (χ1) is 11.6. The molecule has 1 atom stereocenters. The Labute approximate surface area is 142 Å². The van der Waals surface area contributed by atoms with Gasteiger partial charge >= 0.3 is 0 Å². The zero-order chi connectivity index (χ0) is 16.9. The Morgan fingerprint density at radius 3 is 1.88 bits per heavy atom. The second-order valence-corrected chi connectivity index (χ2v) is 5.95. The number of hydrogen-bond donors (Lipinski definition) is 0. The van der Waals surface area contributed by atoms with E-state index in [1.807, 2.05) is 92.7 Å². The van der Waals surface area contributed by atoms with E-state index in [2.05, 4.69) is 0 Å². The number of rotatable bonds is 5. The van der Waals surface area contributed by atoms with Crippen LogP contribution in [0.4, 0.5) is 0 Å². The van der Waals surface area contributed by atoms with E-state index in [0.717, 1.165) is 16.7 Å². The van der Waals surface area contributed by atoms with Gasteiger partial charge in [-0.25, -0.2) is 0 Å². The van der Waals surface area contributed by atoms with Gasteiger partial charge < -0.3 is 4.74 Å². The molecular weight excluding hydrogens is 296 g/mol. The number of carbonyl (C=O) groups is 1. The minimum Gasteiger partial charge on any atom is -0.478 e. The number of ether oxygens (including phenoxy) is 1. The summed E-state index contributed by atoms with van der Waals surface area (Å²) in [5.41, 5.74) is 3.79. The van der Waals surface area contributed by atoms with Gasteiger partial charge in [-0.2, -0.15) is 0 Å². The molecule has 0 aromatic heterocycles. The lowest BCUT2D eigenvalue weighted by atomic mass is 9.99. The number of Topliss-reactive ketones (excluding diaryl/α,β-unsaturated/α-hetero) is 1. The molecule has 24 heavy (non-hydrogen) atoms. The molecular formula is C22H20O2. The van der Waals surface area contributed by atoms with Crippen LogP contribution in [0.5, 0.6) is 5.75 Å². The standard InChI is InChI=1S/C22H20O2/c1-16-8-12-18(13-9-16)21(23)22(19-6-4-3-5-7-19)24-20-14-10-17(2)11-15-20/h3-15,22H,1-2H3. The molecule has 0 heterocycles. The highest BCUT2D eigenvalue weighted by Gasteiger charge is 2.24. The molecule has 1 unspecified atom stereocenters. The van der Waals surface area contributed by atoms with Crippen molar-refractivity contribution in [1.29, 1.82) is 0 Å². The molecule has 2 nitrogen and oxygen atoms in total. The van der Waals surface area contributed by atoms with Crippen LogP contribution in [0.3, 0.4) is 0 Å². The minimum absolute atomic E-state index is 0.0400. The van der Waals surface area contributed by atoms with Gasteiger partial charge in [-0.1, -0.05) is 77.9 Å². The van der Waals surface area contributed by atoms with Crippen molar-refractivity contribution in [3.63, 3.8) is 0 Å². The highest BCUT2D eigenvalue weighted by Crippen LogP contribution is 2.26. The molecule has 0 spiro atoms. The Morgan fingerprint density at radius 1 is 0.750 bits per heavy atom. The smallest absolute Gasteiger partial charge is 0.207 e. The first-order valence-electron chi connectivity index (χ1n) is 8.02. The molecule has 0 N–H and O–H groups in total. The van der Waals surface area contributed by atoms with Crippen LogP contribution < -0.4 is 4.74 Å². The molecule has 0 aliphatic heterocycles. The van der Waals surface area contributed by atoms with Crippen molar-refractivity contribution in [2.45, 2.75) is 20.0 Å². The van der Waals surface area contributed by atoms with Crippen LogP contribution in [-0.4, -0.2) is 5.78 Å². The molecule has 0 bridgehead atoms. The zero-order valence-electron chi connectivity index (χ0n) is 13.9. The summed E-state index contributed by atoms with van der Waals surface area (Å²) in [5.74, 6) is 0.650. The largest absolute Gasteiger partial charge is 0.478 e. The molecule has 0 aliphatic rings. The van der Waals surface area contributed by atoms with Gasteiger partial charge in [0.1, 0.15) is 5.75 Å². The lowest BCUT2D eigenvalue weighted by molar-refractivity contribution is 0.0792. The van der Waals surface area contributed by atoms with Crippen molar-refractivity contribution in [2.75, 3.05) is 0 Å². The molecule has 2 heteroatoms. The molecule has 0 saturated carbocycles. The van der Waals surface area contributed by atoms with E-state index in [1.165, 1.54) is 0 Å². The maximum atomic E-state index is 13.0. The summed E-state index contributed by atoms with van der Waals surface area (Å²) in [5, 5.41) is 0. The van der Waals surface area contributed by atoms with Crippen molar-refractivity contribution >= 4 is 5.78 Å². The van der Waals surface area contributed by atoms with Gasteiger partial charge in [0.2, 0.25) is 5.78 Å². The summed E-state index contributed by atoms with van der Waals surface area (Å²) in [6.07, 6.45) is -0.656. The van der Waals surface area contributed by atoms with Crippen molar-refractivity contribution < 1.29 is 9.53 Å². The fraction of sp³-hybridized carbons (Fsp3) is 0.136. The van der Waals surface area contributed by atoms with Gasteiger partial charge in [0, 0.05) is 11.1 Å². The molecule has 0 amide bonds. The first kappa shape index (κ1) is 16.0. The Kier molecular flexibility index (Phi) is 4.76. The maximum Gasteiger partial charge on any atom is 0.207 e. The fourth-order valence-electron chi connectivity index (χ4n) is 2.52. The first-order valence-corrected chi connectivity index (χ1v) is 8.02. The lowest BCUT2D eigenvalue weighted by Gasteiger charge is -2.19. The predicted octanol–water partition coefficient (Wildman–Crippen LogP) is 5.31. The number of benzene rings is 3. The van der Waals surface area contributed by atoms with Gasteiger partial charge in [-0.05, 0) is 26.0 Å². The zero-order valence-corrected chi connectivity index (χ0v) is 13.9. The van der Waals surface area contributed by atoms with Crippen LogP contribution in [0, 0.1) is 13.8 Å². The predicted molar refractivity (Wildman–Crippen MR) is 96.5 cm³/mol. The van der Waals surface area contributed by atoms with E-state index in [-0.39, 0.29) is 5.78 Å². The molecule has 0 radical (unpaired) electrons. The number of ketones is 1. The second-order valence-electron chi connectivity index (χ2n) is 5.95. The van der Waals surface area contributed by atoms with Crippen molar-refractivity contribution in [3.8, 4) is 5.75 Å². The average molecular weight is 316 g/mol. The molecule has 0 aliphatic carbocycles. The van der Waals surface area contributed by atoms with Crippen LogP contribution in [0.15, 0.2) is 78.9 Å². The fourth-order valence-corrected chi connectivity index (χ4v) is 2.52. The monoisotopic (exact) mass is 316 g/mol. The molecule has 3 rings (SSSR count). The summed E-state index contributed by atoms with van der Waals surface area (Å²) in [6, 6.07) is 25.0. The second kappa shape index (κ2) is 7.14. The summed E-state index contributed by atoms with van der Waals surface area (Å²) in [7, 11) is 0. The van der Waals surface area contributed by atoms with Gasteiger partial charge in [0.15, 0.2) is 6.10 Å². The van der Waals surface area contributed by atoms with Crippen LogP contribution in [0.25, 0.3) is 0 Å². The van der Waals surface area contributed by atoms with Crippen molar-refractivity contribution in [3.05, 3.63) is 101 Å². The Morgan fingerprint density at radius 2 is 1.29 bits per heavy atom. The summed E-state index contributed by atoms with van der Waals surface area (Å²) in [6.45, 7) is 4.03. The highest BCUT2D eigenvalue weighted by atomic mass is 16.5. The van der Waals surface area contributed by atoms with Gasteiger partial charge in [-0.3, -0.25) is 4.79 Å². The van der Waals surface area contributed by atoms with E-state index in [9.17, 15) is 4.79 Å². The van der Waals surface area contributed by atoms with E-state index >= 15 is 0 Å². The molecule has 120 valence electrons. The van der Waals surface area contributed by atoms with Crippen molar-refractivity contribution in [2.24, 2.45) is 0 Å². The third-order valence-electron chi connectivity index (χ3n) is 3.95. The summed E-state index contributed by atoms with van der Waals surface area (Å²) < 4.78 is 6.05. The van der Waals surface area contributed by atoms with Crippen LogP contribution in [-0.2, 0) is 0 Å². The Balaban J connectivity index is 1.94. The van der Waals surface area contributed by atoms with E-state index in [1.54, 1.807) is 0 Å². The van der Waals surface area contributed by atoms with E-state index in [0.29, 0.717) is 11.3 Å². The van der Waals surface area contributed by atoms with Crippen LogP contribution >= 0.6 is 0 Å². The molecule has 3 aromatic rings. The van der Waals surface area contributed by atoms with Crippen LogP contribution in [0.2, 0.25) is 0 Å².